The number of carbonyl (C=O) groups excluding carboxylic acids is 2. The quantitative estimate of drug-likeness (QED) is 0.671. The summed E-state index contributed by atoms with van der Waals surface area (Å²) in [6.07, 6.45) is 1.71. The van der Waals surface area contributed by atoms with Crippen LogP contribution < -0.4 is 0 Å². The molecule has 2 aromatic rings. The van der Waals surface area contributed by atoms with Crippen molar-refractivity contribution in [1.82, 2.24) is 4.98 Å². The number of aromatic amines is 1. The molecule has 0 fully saturated rings. The van der Waals surface area contributed by atoms with Crippen molar-refractivity contribution in [2.45, 2.75) is 13.8 Å². The Balaban J connectivity index is 2.30. The molecule has 20 heavy (non-hydrogen) atoms. The van der Waals surface area contributed by atoms with Gasteiger partial charge >= 0.3 is 5.97 Å². The van der Waals surface area contributed by atoms with E-state index in [1.54, 1.807) is 13.1 Å². The van der Waals surface area contributed by atoms with E-state index < -0.39 is 5.97 Å². The Bertz CT molecular complexity index is 796. The number of Topliss-reactive ketones (excluding diaryl/α,β-unsaturated/α-hetero) is 1. The van der Waals surface area contributed by atoms with Crippen LogP contribution >= 0.6 is 0 Å². The first-order valence-corrected chi connectivity index (χ1v) is 6.17. The molecular weight excluding hydrogens is 256 g/mol. The zero-order chi connectivity index (χ0) is 14.3. The summed E-state index contributed by atoms with van der Waals surface area (Å²) >= 11 is 0. The van der Waals surface area contributed by atoms with E-state index >= 15 is 0 Å². The lowest BCUT2D eigenvalue weighted by Gasteiger charge is -2.03. The number of rotatable bonds is 2. The number of hydrogen-bond acceptors (Lipinski definition) is 4. The maximum Gasteiger partial charge on any atom is 0.364 e. The van der Waals surface area contributed by atoms with Crippen LogP contribution in [0.5, 0.6) is 0 Å². The predicted octanol–water partition coefficient (Wildman–Crippen LogP) is 2.44. The molecular formula is C15H12N2O3. The van der Waals surface area contributed by atoms with Crippen LogP contribution in [0.2, 0.25) is 0 Å². The van der Waals surface area contributed by atoms with Gasteiger partial charge in [0, 0.05) is 29.6 Å². The first-order valence-electron chi connectivity index (χ1n) is 6.17. The van der Waals surface area contributed by atoms with Gasteiger partial charge < -0.3 is 9.72 Å². The number of aromatic nitrogens is 1. The summed E-state index contributed by atoms with van der Waals surface area (Å²) in [4.78, 5) is 30.9. The van der Waals surface area contributed by atoms with Gasteiger partial charge in [0.1, 0.15) is 0 Å². The van der Waals surface area contributed by atoms with Gasteiger partial charge in [-0.15, -0.1) is 0 Å². The highest BCUT2D eigenvalue weighted by Crippen LogP contribution is 2.30. The monoisotopic (exact) mass is 268 g/mol. The fourth-order valence-electron chi connectivity index (χ4n) is 2.33. The number of aliphatic imine (C=N–C) groups is 1. The summed E-state index contributed by atoms with van der Waals surface area (Å²) in [5, 5.41) is 0.873. The summed E-state index contributed by atoms with van der Waals surface area (Å²) in [5.74, 6) is -0.554. The number of nitrogens with zero attached hydrogens (tertiary/aromatic N) is 1. The van der Waals surface area contributed by atoms with Gasteiger partial charge in [-0.05, 0) is 13.0 Å². The molecule has 5 nitrogen and oxygen atoms in total. The highest BCUT2D eigenvalue weighted by Gasteiger charge is 2.28. The lowest BCUT2D eigenvalue weighted by atomic mass is 9.99. The summed E-state index contributed by atoms with van der Waals surface area (Å²) in [5.41, 5.74) is 1.91. The Kier molecular flexibility index (Phi) is 2.75. The van der Waals surface area contributed by atoms with Gasteiger partial charge in [-0.2, -0.15) is 0 Å². The van der Waals surface area contributed by atoms with Crippen molar-refractivity contribution in [2.24, 2.45) is 4.99 Å². The van der Waals surface area contributed by atoms with Gasteiger partial charge in [0.25, 0.3) is 0 Å². The molecule has 0 amide bonds. The van der Waals surface area contributed by atoms with Crippen molar-refractivity contribution < 1.29 is 14.3 Å². The maximum absolute atomic E-state index is 12.0. The molecule has 2 heterocycles. The third kappa shape index (κ3) is 1.84. The number of para-hydroxylation sites is 1. The second-order valence-electron chi connectivity index (χ2n) is 4.55. The lowest BCUT2D eigenvalue weighted by molar-refractivity contribution is -0.130. The van der Waals surface area contributed by atoms with Crippen LogP contribution in [0, 0.1) is 0 Å². The van der Waals surface area contributed by atoms with Crippen molar-refractivity contribution in [3.05, 3.63) is 41.7 Å². The summed E-state index contributed by atoms with van der Waals surface area (Å²) in [6, 6.07) is 7.57. The van der Waals surface area contributed by atoms with E-state index in [9.17, 15) is 9.59 Å². The third-order valence-electron chi connectivity index (χ3n) is 3.15. The van der Waals surface area contributed by atoms with Gasteiger partial charge in [0.05, 0.1) is 5.57 Å². The molecule has 100 valence electrons. The summed E-state index contributed by atoms with van der Waals surface area (Å²) in [6.45, 7) is 3.00. The molecule has 0 unspecified atom stereocenters. The molecule has 0 atom stereocenters. The molecule has 1 N–H and O–H groups in total. The van der Waals surface area contributed by atoms with Crippen molar-refractivity contribution in [3.8, 4) is 0 Å². The number of allylic oxidation sites excluding steroid dienone is 1. The molecule has 3 rings (SSSR count). The zero-order valence-electron chi connectivity index (χ0n) is 11.1. The molecule has 0 aliphatic carbocycles. The first-order chi connectivity index (χ1) is 9.58. The van der Waals surface area contributed by atoms with E-state index in [0.717, 1.165) is 10.9 Å². The Morgan fingerprint density at radius 3 is 2.70 bits per heavy atom. The van der Waals surface area contributed by atoms with Crippen LogP contribution in [0.15, 0.2) is 41.2 Å². The van der Waals surface area contributed by atoms with Crippen LogP contribution in [0.3, 0.4) is 0 Å². The Labute approximate surface area is 115 Å². The molecule has 1 aliphatic rings. The number of ketones is 1. The second kappa shape index (κ2) is 4.45. The molecule has 0 bridgehead atoms. The average molecular weight is 268 g/mol. The topological polar surface area (TPSA) is 71.5 Å². The maximum atomic E-state index is 12.0. The molecule has 0 radical (unpaired) electrons. The molecule has 1 aromatic carbocycles. The summed E-state index contributed by atoms with van der Waals surface area (Å²) < 4.78 is 4.91. The minimum atomic E-state index is -0.585. The predicted molar refractivity (Wildman–Crippen MR) is 75.1 cm³/mol. The van der Waals surface area contributed by atoms with Gasteiger partial charge in [-0.25, -0.2) is 9.79 Å². The van der Waals surface area contributed by atoms with E-state index in [0.29, 0.717) is 5.56 Å². The number of esters is 1. The normalized spacial score (nSPS) is 17.1. The Morgan fingerprint density at radius 2 is 2.05 bits per heavy atom. The van der Waals surface area contributed by atoms with Gasteiger partial charge in [-0.3, -0.25) is 4.79 Å². The van der Waals surface area contributed by atoms with E-state index in [4.69, 9.17) is 4.74 Å². The standard InChI is InChI=1S/C15H12N2O3/c1-8(18)13(14-15(19)20-9(2)17-14)11-7-16-12-6-4-3-5-10(11)12/h3-7,16H,1-2H3. The van der Waals surface area contributed by atoms with Crippen LogP contribution in [0.25, 0.3) is 16.5 Å². The molecule has 0 saturated carbocycles. The minimum Gasteiger partial charge on any atom is -0.407 e. The molecule has 0 spiro atoms. The average Bonchev–Trinajstić information content (AvgIpc) is 2.95. The number of carbonyl (C=O) groups is 2. The molecule has 5 heteroatoms. The SMILES string of the molecule is CC(=O)C(=C1N=C(C)OC1=O)c1c[nH]c2ccccc12. The highest BCUT2D eigenvalue weighted by molar-refractivity contribution is 6.29. The van der Waals surface area contributed by atoms with Crippen LogP contribution in [-0.4, -0.2) is 22.6 Å². The molecule has 1 aliphatic heterocycles. The van der Waals surface area contributed by atoms with E-state index in [2.05, 4.69) is 9.98 Å². The van der Waals surface area contributed by atoms with Crippen molar-refractivity contribution in [3.63, 3.8) is 0 Å². The smallest absolute Gasteiger partial charge is 0.364 e. The third-order valence-corrected chi connectivity index (χ3v) is 3.15. The van der Waals surface area contributed by atoms with E-state index in [1.165, 1.54) is 6.92 Å². The van der Waals surface area contributed by atoms with Gasteiger partial charge in [0.15, 0.2) is 17.4 Å². The molecule has 1 aromatic heterocycles. The number of cyclic esters (lactones) is 1. The van der Waals surface area contributed by atoms with Gasteiger partial charge in [0.2, 0.25) is 0 Å². The van der Waals surface area contributed by atoms with Crippen molar-refractivity contribution in [2.75, 3.05) is 0 Å². The number of H-pyrrole nitrogens is 1. The lowest BCUT2D eigenvalue weighted by Crippen LogP contribution is -2.06. The van der Waals surface area contributed by atoms with E-state index in [1.807, 2.05) is 24.3 Å². The van der Waals surface area contributed by atoms with Crippen molar-refractivity contribution >= 4 is 34.1 Å². The number of fused-ring (bicyclic) bond motifs is 1. The van der Waals surface area contributed by atoms with Gasteiger partial charge in [-0.1, -0.05) is 18.2 Å². The fourth-order valence-corrected chi connectivity index (χ4v) is 2.33. The summed E-state index contributed by atoms with van der Waals surface area (Å²) in [7, 11) is 0. The minimum absolute atomic E-state index is 0.0692. The number of benzene rings is 1. The second-order valence-corrected chi connectivity index (χ2v) is 4.55. The van der Waals surface area contributed by atoms with Crippen LogP contribution in [0.4, 0.5) is 0 Å². The Morgan fingerprint density at radius 1 is 1.30 bits per heavy atom. The molecule has 0 saturated heterocycles. The number of nitrogens with one attached hydrogen (secondary N) is 1. The van der Waals surface area contributed by atoms with Crippen molar-refractivity contribution in [1.29, 1.82) is 0 Å². The largest absolute Gasteiger partial charge is 0.407 e. The van der Waals surface area contributed by atoms with Crippen LogP contribution in [0.1, 0.15) is 19.4 Å². The van der Waals surface area contributed by atoms with E-state index in [-0.39, 0.29) is 23.0 Å². The highest BCUT2D eigenvalue weighted by atomic mass is 16.6. The fraction of sp³-hybridized carbons (Fsp3) is 0.133. The first kappa shape index (κ1) is 12.3. The Hall–Kier alpha value is -2.69. The van der Waals surface area contributed by atoms with Crippen LogP contribution in [-0.2, 0) is 14.3 Å². The number of hydrogen-bond donors (Lipinski definition) is 1. The zero-order valence-corrected chi connectivity index (χ0v) is 11.1. The number of ether oxygens (including phenoxy) is 1.